The van der Waals surface area contributed by atoms with Crippen molar-refractivity contribution in [3.8, 4) is 0 Å². The first kappa shape index (κ1) is 26.2. The van der Waals surface area contributed by atoms with Crippen LogP contribution in [0, 0.1) is 10.1 Å². The summed E-state index contributed by atoms with van der Waals surface area (Å²) in [6, 6.07) is 2.20. The lowest BCUT2D eigenvalue weighted by Gasteiger charge is -2.19. The fourth-order valence-corrected chi connectivity index (χ4v) is 4.38. The lowest BCUT2D eigenvalue weighted by Crippen LogP contribution is -2.45. The molecule has 12 heteroatoms. The molecule has 1 saturated carbocycles. The standard InChI is InChI=1S/C21H27N3O8S/c1-3-31-20(25)18(14-22-15-8-6-5-7-9-15)19(21(26)32-4-2)23-33(29,30)17-12-10-16(11-13-17)24(27)28/h10-13,15,19,23H,3-9H2,1-2H3. The Hall–Kier alpha value is -3.08. The van der Waals surface area contributed by atoms with Crippen LogP contribution in [0.5, 0.6) is 0 Å². The van der Waals surface area contributed by atoms with Gasteiger partial charge >= 0.3 is 11.9 Å². The molecule has 1 N–H and O–H groups in total. The number of nitrogens with one attached hydrogen (secondary N) is 1. The summed E-state index contributed by atoms with van der Waals surface area (Å²) in [5.74, 6) is 0.574. The van der Waals surface area contributed by atoms with Gasteiger partial charge < -0.3 is 9.47 Å². The Bertz CT molecular complexity index is 1020. The molecule has 0 spiro atoms. The fraction of sp³-hybridized carbons (Fsp3) is 0.524. The summed E-state index contributed by atoms with van der Waals surface area (Å²) in [6.45, 7) is 3.01. The van der Waals surface area contributed by atoms with E-state index in [1.807, 2.05) is 0 Å². The van der Waals surface area contributed by atoms with Gasteiger partial charge in [0.1, 0.15) is 5.57 Å². The van der Waals surface area contributed by atoms with E-state index in [0.717, 1.165) is 56.4 Å². The zero-order valence-electron chi connectivity index (χ0n) is 18.5. The Morgan fingerprint density at radius 3 is 2.30 bits per heavy atom. The van der Waals surface area contributed by atoms with Crippen molar-refractivity contribution < 1.29 is 32.4 Å². The zero-order valence-corrected chi connectivity index (χ0v) is 19.3. The number of benzene rings is 1. The highest BCUT2D eigenvalue weighted by atomic mass is 32.2. The second kappa shape index (κ2) is 12.2. The Balaban J connectivity index is 2.47. The Morgan fingerprint density at radius 2 is 1.76 bits per heavy atom. The molecule has 2 rings (SSSR count). The molecule has 180 valence electrons. The van der Waals surface area contributed by atoms with E-state index in [2.05, 4.69) is 15.6 Å². The van der Waals surface area contributed by atoms with Gasteiger partial charge in [-0.15, -0.1) is 0 Å². The minimum Gasteiger partial charge on any atom is -0.465 e. The van der Waals surface area contributed by atoms with Gasteiger partial charge in [0.15, 0.2) is 6.04 Å². The molecule has 0 amide bonds. The van der Waals surface area contributed by atoms with E-state index in [1.165, 1.54) is 6.92 Å². The van der Waals surface area contributed by atoms with Gasteiger partial charge in [0.25, 0.3) is 5.69 Å². The van der Waals surface area contributed by atoms with Crippen molar-refractivity contribution in [2.45, 2.75) is 62.9 Å². The number of nitrogens with zero attached hydrogens (tertiary/aromatic N) is 2. The van der Waals surface area contributed by atoms with Gasteiger partial charge in [-0.2, -0.15) is 4.72 Å². The maximum atomic E-state index is 12.9. The van der Waals surface area contributed by atoms with Crippen molar-refractivity contribution >= 4 is 33.5 Å². The second-order valence-electron chi connectivity index (χ2n) is 7.22. The zero-order chi connectivity index (χ0) is 24.4. The van der Waals surface area contributed by atoms with Crippen molar-refractivity contribution in [2.24, 2.45) is 4.99 Å². The Labute approximate surface area is 192 Å². The van der Waals surface area contributed by atoms with Gasteiger partial charge in [0.2, 0.25) is 10.0 Å². The van der Waals surface area contributed by atoms with Crippen LogP contribution in [0.4, 0.5) is 5.69 Å². The van der Waals surface area contributed by atoms with Crippen molar-refractivity contribution in [1.82, 2.24) is 4.72 Å². The van der Waals surface area contributed by atoms with E-state index in [0.29, 0.717) is 0 Å². The summed E-state index contributed by atoms with van der Waals surface area (Å²) in [6.07, 6.45) is 4.61. The third-order valence-corrected chi connectivity index (χ3v) is 6.32. The quantitative estimate of drug-likeness (QED) is 0.175. The van der Waals surface area contributed by atoms with Gasteiger partial charge in [-0.1, -0.05) is 19.3 Å². The van der Waals surface area contributed by atoms with E-state index in [-0.39, 0.29) is 29.8 Å². The van der Waals surface area contributed by atoms with Gasteiger partial charge in [-0.3, -0.25) is 10.1 Å². The van der Waals surface area contributed by atoms with Crippen molar-refractivity contribution in [1.29, 1.82) is 0 Å². The number of esters is 2. The number of hydrogen-bond acceptors (Lipinski definition) is 9. The summed E-state index contributed by atoms with van der Waals surface area (Å²) in [5, 5.41) is 10.8. The Kier molecular flexibility index (Phi) is 9.71. The summed E-state index contributed by atoms with van der Waals surface area (Å²) >= 11 is 0. The molecular formula is C21H27N3O8S. The lowest BCUT2D eigenvalue weighted by molar-refractivity contribution is -0.384. The number of ether oxygens (including phenoxy) is 2. The maximum Gasteiger partial charge on any atom is 0.345 e. The topological polar surface area (TPSA) is 154 Å². The van der Waals surface area contributed by atoms with Gasteiger partial charge in [-0.25, -0.2) is 23.0 Å². The molecule has 1 aromatic carbocycles. The van der Waals surface area contributed by atoms with E-state index in [9.17, 15) is 28.1 Å². The van der Waals surface area contributed by atoms with E-state index >= 15 is 0 Å². The highest BCUT2D eigenvalue weighted by Crippen LogP contribution is 2.20. The molecule has 0 heterocycles. The molecule has 1 fully saturated rings. The number of carbonyl (C=O) groups excluding carboxylic acids is 2. The molecule has 0 radical (unpaired) electrons. The SMILES string of the molecule is CCOC(=O)C(=C=NC1CCCCC1)C(NS(=O)(=O)c1ccc([N+](=O)[O-])cc1)C(=O)OCC. The van der Waals surface area contributed by atoms with Crippen LogP contribution in [0.25, 0.3) is 0 Å². The highest BCUT2D eigenvalue weighted by Gasteiger charge is 2.35. The first-order chi connectivity index (χ1) is 15.7. The first-order valence-corrected chi connectivity index (χ1v) is 12.1. The van der Waals surface area contributed by atoms with Crippen LogP contribution >= 0.6 is 0 Å². The van der Waals surface area contributed by atoms with Crippen LogP contribution in [-0.4, -0.2) is 56.4 Å². The fourth-order valence-electron chi connectivity index (χ4n) is 3.23. The van der Waals surface area contributed by atoms with Gasteiger partial charge in [0.05, 0.1) is 29.1 Å². The normalized spacial score (nSPS) is 15.1. The predicted octanol–water partition coefficient (Wildman–Crippen LogP) is 2.30. The van der Waals surface area contributed by atoms with Crippen LogP contribution in [0.1, 0.15) is 46.0 Å². The predicted molar refractivity (Wildman–Crippen MR) is 118 cm³/mol. The third kappa shape index (κ3) is 7.48. The Morgan fingerprint density at radius 1 is 1.15 bits per heavy atom. The van der Waals surface area contributed by atoms with Gasteiger partial charge in [0, 0.05) is 12.1 Å². The number of nitro groups is 1. The molecule has 1 atom stereocenters. The molecule has 1 aliphatic carbocycles. The van der Waals surface area contributed by atoms with Crippen LogP contribution in [0.3, 0.4) is 0 Å². The summed E-state index contributed by atoms with van der Waals surface area (Å²) in [7, 11) is -4.39. The number of sulfonamides is 1. The smallest absolute Gasteiger partial charge is 0.345 e. The van der Waals surface area contributed by atoms with Crippen LogP contribution in [-0.2, 0) is 29.1 Å². The van der Waals surface area contributed by atoms with Crippen LogP contribution in [0.2, 0.25) is 0 Å². The molecule has 0 aromatic heterocycles. The van der Waals surface area contributed by atoms with Gasteiger partial charge in [-0.05, 0) is 44.7 Å². The first-order valence-electron chi connectivity index (χ1n) is 10.6. The molecule has 1 unspecified atom stereocenters. The highest BCUT2D eigenvalue weighted by molar-refractivity contribution is 7.89. The third-order valence-electron chi connectivity index (χ3n) is 4.88. The maximum absolute atomic E-state index is 12.9. The molecule has 33 heavy (non-hydrogen) atoms. The average Bonchev–Trinajstić information content (AvgIpc) is 2.79. The molecule has 1 aromatic rings. The minimum absolute atomic E-state index is 0.0158. The monoisotopic (exact) mass is 481 g/mol. The molecule has 0 saturated heterocycles. The largest absolute Gasteiger partial charge is 0.465 e. The van der Waals surface area contributed by atoms with E-state index in [1.54, 1.807) is 6.92 Å². The van der Waals surface area contributed by atoms with E-state index < -0.39 is 38.5 Å². The number of nitro benzene ring substituents is 1. The number of aliphatic imine (C=N–C) groups is 1. The minimum atomic E-state index is -4.39. The second-order valence-corrected chi connectivity index (χ2v) is 8.94. The van der Waals surface area contributed by atoms with Crippen molar-refractivity contribution in [2.75, 3.05) is 13.2 Å². The summed E-state index contributed by atoms with van der Waals surface area (Å²) < 4.78 is 37.9. The molecule has 0 bridgehead atoms. The van der Waals surface area contributed by atoms with Crippen molar-refractivity contribution in [3.05, 3.63) is 40.0 Å². The van der Waals surface area contributed by atoms with Crippen molar-refractivity contribution in [3.63, 3.8) is 0 Å². The summed E-state index contributed by atoms with van der Waals surface area (Å²) in [5.41, 5.74) is -0.728. The van der Waals surface area contributed by atoms with E-state index in [4.69, 9.17) is 9.47 Å². The number of hydrogen-bond donors (Lipinski definition) is 1. The molecule has 11 nitrogen and oxygen atoms in total. The molecular weight excluding hydrogens is 454 g/mol. The number of rotatable bonds is 10. The van der Waals surface area contributed by atoms with Crippen LogP contribution < -0.4 is 4.72 Å². The molecule has 0 aliphatic heterocycles. The number of non-ortho nitro benzene ring substituents is 1. The van der Waals surface area contributed by atoms with Crippen LogP contribution in [0.15, 0.2) is 39.7 Å². The summed E-state index contributed by atoms with van der Waals surface area (Å²) in [4.78, 5) is 39.4. The lowest BCUT2D eigenvalue weighted by atomic mass is 9.96. The average molecular weight is 482 g/mol. The molecule has 1 aliphatic rings. The number of carbonyl (C=O) groups is 2.